The van der Waals surface area contributed by atoms with Crippen molar-refractivity contribution in [3.05, 3.63) is 125 Å². The first kappa shape index (κ1) is 22.0. The van der Waals surface area contributed by atoms with Gasteiger partial charge >= 0.3 is 0 Å². The summed E-state index contributed by atoms with van der Waals surface area (Å²) in [6.45, 7) is 0.0995. The largest absolute Gasteiger partial charge is 0.452 e. The van der Waals surface area contributed by atoms with E-state index in [0.29, 0.717) is 16.8 Å². The highest BCUT2D eigenvalue weighted by molar-refractivity contribution is 6.04. The molecule has 0 aliphatic rings. The van der Waals surface area contributed by atoms with Crippen LogP contribution in [0.3, 0.4) is 0 Å². The Morgan fingerprint density at radius 2 is 1.80 bits per heavy atom. The van der Waals surface area contributed by atoms with Gasteiger partial charge in [-0.2, -0.15) is 5.10 Å². The van der Waals surface area contributed by atoms with Crippen LogP contribution in [0.1, 0.15) is 15.9 Å². The van der Waals surface area contributed by atoms with Gasteiger partial charge in [-0.3, -0.25) is 9.59 Å². The van der Waals surface area contributed by atoms with Crippen molar-refractivity contribution in [2.75, 3.05) is 5.32 Å². The summed E-state index contributed by atoms with van der Waals surface area (Å²) in [6, 6.07) is 17.9. The van der Waals surface area contributed by atoms with E-state index in [1.54, 1.807) is 53.3 Å². The molecule has 5 aromatic rings. The lowest BCUT2D eigenvalue weighted by Crippen LogP contribution is -2.29. The van der Waals surface area contributed by atoms with Crippen molar-refractivity contribution in [1.82, 2.24) is 14.2 Å². The predicted molar refractivity (Wildman–Crippen MR) is 126 cm³/mol. The molecule has 3 aromatic heterocycles. The summed E-state index contributed by atoms with van der Waals surface area (Å²) < 4.78 is 36.8. The second-order valence-corrected chi connectivity index (χ2v) is 7.72. The van der Waals surface area contributed by atoms with Crippen LogP contribution in [0.2, 0.25) is 0 Å². The van der Waals surface area contributed by atoms with Gasteiger partial charge < -0.3 is 14.6 Å². The topological polar surface area (TPSA) is 77.6 Å². The molecule has 3 heterocycles. The van der Waals surface area contributed by atoms with Gasteiger partial charge in [0.25, 0.3) is 11.5 Å². The van der Waals surface area contributed by atoms with Crippen molar-refractivity contribution < 1.29 is 18.3 Å². The van der Waals surface area contributed by atoms with Gasteiger partial charge in [-0.25, -0.2) is 13.3 Å². The number of hydrogen-bond donors (Lipinski definition) is 1. The molecule has 174 valence electrons. The fraction of sp³-hybridized carbons (Fsp3) is 0.0385. The molecule has 0 radical (unpaired) electrons. The molecule has 0 fully saturated rings. The van der Waals surface area contributed by atoms with Crippen LogP contribution in [0.4, 0.5) is 14.5 Å². The summed E-state index contributed by atoms with van der Waals surface area (Å²) in [5, 5.41) is 6.65. The molecule has 0 aliphatic carbocycles. The van der Waals surface area contributed by atoms with Gasteiger partial charge in [0.1, 0.15) is 16.9 Å². The quantitative estimate of drug-likeness (QED) is 0.383. The second kappa shape index (κ2) is 9.22. The number of rotatable bonds is 6. The third-order valence-electron chi connectivity index (χ3n) is 5.31. The van der Waals surface area contributed by atoms with Crippen LogP contribution in [0, 0.1) is 11.6 Å². The number of halogens is 2. The Bertz CT molecular complexity index is 1610. The van der Waals surface area contributed by atoms with Gasteiger partial charge in [-0.15, -0.1) is 0 Å². The number of amides is 1. The average molecular weight is 472 g/mol. The van der Waals surface area contributed by atoms with Crippen molar-refractivity contribution in [3.63, 3.8) is 0 Å². The molecule has 35 heavy (non-hydrogen) atoms. The third kappa shape index (κ3) is 4.65. The van der Waals surface area contributed by atoms with E-state index in [9.17, 15) is 18.4 Å². The lowest BCUT2D eigenvalue weighted by molar-refractivity contribution is 0.102. The summed E-state index contributed by atoms with van der Waals surface area (Å²) in [5.41, 5.74) is 0.722. The molecule has 0 bridgehead atoms. The van der Waals surface area contributed by atoms with Crippen molar-refractivity contribution >= 4 is 17.1 Å². The van der Waals surface area contributed by atoms with Gasteiger partial charge in [-0.1, -0.05) is 12.1 Å². The van der Waals surface area contributed by atoms with Crippen LogP contribution in [-0.2, 0) is 6.54 Å². The Kier molecular flexibility index (Phi) is 5.80. The molecule has 2 aromatic carbocycles. The monoisotopic (exact) mass is 472 g/mol. The molecular formula is C26H18F2N4O3. The van der Waals surface area contributed by atoms with E-state index in [1.807, 2.05) is 0 Å². The van der Waals surface area contributed by atoms with Crippen molar-refractivity contribution in [2.45, 2.75) is 6.54 Å². The van der Waals surface area contributed by atoms with Crippen molar-refractivity contribution in [1.29, 1.82) is 0 Å². The first-order valence-corrected chi connectivity index (χ1v) is 10.6. The van der Waals surface area contributed by atoms with E-state index < -0.39 is 23.1 Å². The number of aromatic nitrogens is 3. The van der Waals surface area contributed by atoms with E-state index in [2.05, 4.69) is 10.4 Å². The highest BCUT2D eigenvalue weighted by Gasteiger charge is 2.15. The number of carbonyl (C=O) groups is 1. The zero-order valence-electron chi connectivity index (χ0n) is 18.2. The fourth-order valence-corrected chi connectivity index (χ4v) is 3.66. The Morgan fingerprint density at radius 1 is 0.943 bits per heavy atom. The second-order valence-electron chi connectivity index (χ2n) is 7.72. The SMILES string of the molecule is O=C(Nc1ccc(Oc2cccn3nccc23)c(F)c1)c1cccn(Cc2cccc(F)c2)c1=O. The van der Waals surface area contributed by atoms with Crippen LogP contribution < -0.4 is 15.6 Å². The number of carbonyl (C=O) groups excluding carboxylic acids is 1. The maximum Gasteiger partial charge on any atom is 0.263 e. The molecule has 0 aliphatic heterocycles. The smallest absolute Gasteiger partial charge is 0.263 e. The first-order chi connectivity index (χ1) is 17.0. The molecule has 7 nitrogen and oxygen atoms in total. The Labute approximate surface area is 197 Å². The summed E-state index contributed by atoms with van der Waals surface area (Å²) in [7, 11) is 0. The van der Waals surface area contributed by atoms with Crippen LogP contribution >= 0.6 is 0 Å². The number of pyridine rings is 2. The predicted octanol–water partition coefficient (Wildman–Crippen LogP) is 4.87. The van der Waals surface area contributed by atoms with Crippen LogP contribution in [0.15, 0.2) is 96.2 Å². The Balaban J connectivity index is 1.33. The van der Waals surface area contributed by atoms with Gasteiger partial charge in [-0.05, 0) is 60.2 Å². The third-order valence-corrected chi connectivity index (χ3v) is 5.31. The summed E-state index contributed by atoms with van der Waals surface area (Å²) in [6.07, 6.45) is 4.86. The molecule has 0 saturated heterocycles. The molecular weight excluding hydrogens is 454 g/mol. The van der Waals surface area contributed by atoms with Crippen LogP contribution in [0.5, 0.6) is 11.5 Å². The lowest BCUT2D eigenvalue weighted by atomic mass is 10.2. The lowest BCUT2D eigenvalue weighted by Gasteiger charge is -2.11. The zero-order chi connectivity index (χ0) is 24.4. The van der Waals surface area contributed by atoms with Crippen LogP contribution in [-0.4, -0.2) is 20.1 Å². The molecule has 0 unspecified atom stereocenters. The molecule has 1 amide bonds. The summed E-state index contributed by atoms with van der Waals surface area (Å²) in [5.74, 6) is -1.42. The van der Waals surface area contributed by atoms with Gasteiger partial charge in [0.2, 0.25) is 0 Å². The summed E-state index contributed by atoms with van der Waals surface area (Å²) >= 11 is 0. The number of fused-ring (bicyclic) bond motifs is 1. The highest BCUT2D eigenvalue weighted by atomic mass is 19.1. The van der Waals surface area contributed by atoms with E-state index in [0.717, 1.165) is 6.07 Å². The normalized spacial score (nSPS) is 10.9. The first-order valence-electron chi connectivity index (χ1n) is 10.6. The minimum absolute atomic E-state index is 0.0329. The van der Waals surface area contributed by atoms with Crippen molar-refractivity contribution in [3.8, 4) is 11.5 Å². The van der Waals surface area contributed by atoms with Crippen LogP contribution in [0.25, 0.3) is 5.52 Å². The number of nitrogens with one attached hydrogen (secondary N) is 1. The van der Waals surface area contributed by atoms with Crippen molar-refractivity contribution in [2.24, 2.45) is 0 Å². The minimum atomic E-state index is -0.694. The number of nitrogens with zero attached hydrogens (tertiary/aromatic N) is 3. The van der Waals surface area contributed by atoms with E-state index in [4.69, 9.17) is 4.74 Å². The average Bonchev–Trinajstić information content (AvgIpc) is 3.32. The van der Waals surface area contributed by atoms with Gasteiger partial charge in [0.05, 0.1) is 12.7 Å². The highest BCUT2D eigenvalue weighted by Crippen LogP contribution is 2.29. The molecule has 0 atom stereocenters. The minimum Gasteiger partial charge on any atom is -0.452 e. The summed E-state index contributed by atoms with van der Waals surface area (Å²) in [4.78, 5) is 25.6. The maximum absolute atomic E-state index is 14.7. The molecule has 5 rings (SSSR count). The van der Waals surface area contributed by atoms with Gasteiger partial charge in [0.15, 0.2) is 17.3 Å². The van der Waals surface area contributed by atoms with Gasteiger partial charge in [0, 0.05) is 24.1 Å². The molecule has 1 N–H and O–H groups in total. The fourth-order valence-electron chi connectivity index (χ4n) is 3.66. The number of anilines is 1. The van der Waals surface area contributed by atoms with E-state index in [-0.39, 0.29) is 23.5 Å². The Morgan fingerprint density at radius 3 is 2.63 bits per heavy atom. The standard InChI is InChI=1S/C26H18F2N4O3/c27-18-5-1-4-17(14-18)16-31-12-2-6-20(26(31)34)25(33)30-19-8-9-23(21(28)15-19)35-24-7-3-13-32-22(24)10-11-29-32/h1-15H,16H2,(H,30,33). The van der Waals surface area contributed by atoms with E-state index >= 15 is 0 Å². The number of benzene rings is 2. The maximum atomic E-state index is 14.7. The number of ether oxygens (including phenoxy) is 1. The van der Waals surface area contributed by atoms with E-state index in [1.165, 1.54) is 41.1 Å². The molecule has 9 heteroatoms. The Hall–Kier alpha value is -4.79. The number of hydrogen-bond acceptors (Lipinski definition) is 4. The molecule has 0 spiro atoms. The molecule has 0 saturated carbocycles. The zero-order valence-corrected chi connectivity index (χ0v) is 18.2.